The third-order valence-corrected chi connectivity index (χ3v) is 2.98. The van der Waals surface area contributed by atoms with Crippen LogP contribution >= 0.6 is 0 Å². The van der Waals surface area contributed by atoms with E-state index in [-0.39, 0.29) is 17.9 Å². The highest BCUT2D eigenvalue weighted by Crippen LogP contribution is 2.13. The number of nitrogens with zero attached hydrogens (tertiary/aromatic N) is 1. The molecule has 2 N–H and O–H groups in total. The number of likely N-dealkylation sites (N-methyl/N-ethyl adjacent to an activating group) is 1. The van der Waals surface area contributed by atoms with E-state index in [0.29, 0.717) is 19.7 Å². The molecule has 1 aromatic carbocycles. The van der Waals surface area contributed by atoms with Gasteiger partial charge in [0.05, 0.1) is 6.61 Å². The van der Waals surface area contributed by atoms with Crippen LogP contribution in [0.4, 0.5) is 0 Å². The summed E-state index contributed by atoms with van der Waals surface area (Å²) >= 11 is 0. The third kappa shape index (κ3) is 5.85. The van der Waals surface area contributed by atoms with Crippen molar-refractivity contribution in [2.75, 3.05) is 26.7 Å². The maximum atomic E-state index is 11.9. The van der Waals surface area contributed by atoms with Crippen molar-refractivity contribution in [2.24, 2.45) is 11.1 Å². The molecule has 4 heteroatoms. The minimum absolute atomic E-state index is 0.0162. The molecule has 0 aromatic heterocycles. The van der Waals surface area contributed by atoms with Gasteiger partial charge >= 0.3 is 0 Å². The summed E-state index contributed by atoms with van der Waals surface area (Å²) in [4.78, 5) is 13.6. The van der Waals surface area contributed by atoms with Gasteiger partial charge in [-0.2, -0.15) is 0 Å². The maximum absolute atomic E-state index is 11.9. The Balaban J connectivity index is 2.31. The number of hydrogen-bond donors (Lipinski definition) is 1. The van der Waals surface area contributed by atoms with E-state index in [0.717, 1.165) is 5.56 Å². The van der Waals surface area contributed by atoms with Crippen LogP contribution in [0.2, 0.25) is 0 Å². The normalized spacial score (nSPS) is 11.4. The molecule has 0 spiro atoms. The number of rotatable bonds is 7. The number of benzene rings is 1. The van der Waals surface area contributed by atoms with E-state index in [1.54, 1.807) is 11.9 Å². The summed E-state index contributed by atoms with van der Waals surface area (Å²) in [5.41, 5.74) is 6.67. The van der Waals surface area contributed by atoms with Crippen LogP contribution in [0.1, 0.15) is 19.4 Å². The summed E-state index contributed by atoms with van der Waals surface area (Å²) in [6.07, 6.45) is 0. The molecule has 1 rings (SSSR count). The number of hydrogen-bond acceptors (Lipinski definition) is 3. The SMILES string of the molecule is CN(CC(C)(C)CN)C(=O)COCc1ccccc1. The van der Waals surface area contributed by atoms with Crippen molar-refractivity contribution < 1.29 is 9.53 Å². The molecule has 0 aliphatic carbocycles. The minimum atomic E-state index is -0.0656. The molecule has 0 saturated heterocycles. The third-order valence-electron chi connectivity index (χ3n) is 2.98. The van der Waals surface area contributed by atoms with Gasteiger partial charge in [-0.1, -0.05) is 44.2 Å². The molecule has 19 heavy (non-hydrogen) atoms. The lowest BCUT2D eigenvalue weighted by Crippen LogP contribution is -2.41. The minimum Gasteiger partial charge on any atom is -0.367 e. The molecule has 0 aliphatic heterocycles. The largest absolute Gasteiger partial charge is 0.367 e. The Kier molecular flexibility index (Phi) is 5.99. The van der Waals surface area contributed by atoms with Gasteiger partial charge in [0.25, 0.3) is 0 Å². The van der Waals surface area contributed by atoms with E-state index in [2.05, 4.69) is 0 Å². The fourth-order valence-corrected chi connectivity index (χ4v) is 1.74. The summed E-state index contributed by atoms with van der Waals surface area (Å²) in [7, 11) is 1.78. The first-order valence-electron chi connectivity index (χ1n) is 6.50. The number of carbonyl (C=O) groups excluding carboxylic acids is 1. The predicted molar refractivity (Wildman–Crippen MR) is 76.6 cm³/mol. The van der Waals surface area contributed by atoms with Crippen LogP contribution < -0.4 is 5.73 Å². The van der Waals surface area contributed by atoms with Crippen LogP contribution in [0.5, 0.6) is 0 Å². The Morgan fingerprint density at radius 1 is 1.32 bits per heavy atom. The smallest absolute Gasteiger partial charge is 0.248 e. The van der Waals surface area contributed by atoms with E-state index >= 15 is 0 Å². The van der Waals surface area contributed by atoms with E-state index in [9.17, 15) is 4.79 Å². The van der Waals surface area contributed by atoms with Crippen molar-refractivity contribution in [2.45, 2.75) is 20.5 Å². The van der Waals surface area contributed by atoms with Gasteiger partial charge in [0.1, 0.15) is 6.61 Å². The van der Waals surface area contributed by atoms with Gasteiger partial charge in [-0.25, -0.2) is 0 Å². The number of ether oxygens (including phenoxy) is 1. The van der Waals surface area contributed by atoms with Crippen molar-refractivity contribution in [1.82, 2.24) is 4.90 Å². The zero-order valence-electron chi connectivity index (χ0n) is 12.1. The predicted octanol–water partition coefficient (Wildman–Crippen LogP) is 1.65. The van der Waals surface area contributed by atoms with Gasteiger partial charge < -0.3 is 15.4 Å². The van der Waals surface area contributed by atoms with E-state index < -0.39 is 0 Å². The van der Waals surface area contributed by atoms with Crippen LogP contribution in [0.3, 0.4) is 0 Å². The summed E-state index contributed by atoms with van der Waals surface area (Å²) in [5, 5.41) is 0. The first-order chi connectivity index (χ1) is 8.94. The second-order valence-corrected chi connectivity index (χ2v) is 5.60. The zero-order valence-corrected chi connectivity index (χ0v) is 12.1. The van der Waals surface area contributed by atoms with Crippen molar-refractivity contribution in [3.05, 3.63) is 35.9 Å². The quantitative estimate of drug-likeness (QED) is 0.814. The average molecular weight is 264 g/mol. The highest BCUT2D eigenvalue weighted by molar-refractivity contribution is 5.77. The molecule has 0 heterocycles. The standard InChI is InChI=1S/C15H24N2O2/c1-15(2,11-16)12-17(3)14(18)10-19-9-13-7-5-4-6-8-13/h4-8H,9-12,16H2,1-3H3. The molecule has 0 atom stereocenters. The van der Waals surface area contributed by atoms with Crippen molar-refractivity contribution >= 4 is 5.91 Å². The molecule has 4 nitrogen and oxygen atoms in total. The van der Waals surface area contributed by atoms with Crippen LogP contribution in [-0.4, -0.2) is 37.6 Å². The summed E-state index contributed by atoms with van der Waals surface area (Å²) in [5.74, 6) is -0.0162. The zero-order chi connectivity index (χ0) is 14.3. The van der Waals surface area contributed by atoms with Gasteiger partial charge in [0, 0.05) is 13.6 Å². The first kappa shape index (κ1) is 15.7. The molecular formula is C15H24N2O2. The van der Waals surface area contributed by atoms with Crippen LogP contribution in [0.25, 0.3) is 0 Å². The lowest BCUT2D eigenvalue weighted by molar-refractivity contribution is -0.136. The average Bonchev–Trinajstić information content (AvgIpc) is 2.39. The van der Waals surface area contributed by atoms with Gasteiger partial charge in [0.15, 0.2) is 0 Å². The molecule has 0 saturated carbocycles. The Bertz CT molecular complexity index is 390. The van der Waals surface area contributed by atoms with Crippen molar-refractivity contribution in [3.63, 3.8) is 0 Å². The molecule has 0 fully saturated rings. The molecule has 0 aliphatic rings. The molecule has 106 valence electrons. The van der Waals surface area contributed by atoms with Crippen LogP contribution in [0.15, 0.2) is 30.3 Å². The van der Waals surface area contributed by atoms with E-state index in [1.165, 1.54) is 0 Å². The fraction of sp³-hybridized carbons (Fsp3) is 0.533. The highest BCUT2D eigenvalue weighted by Gasteiger charge is 2.20. The Morgan fingerprint density at radius 3 is 2.53 bits per heavy atom. The van der Waals surface area contributed by atoms with Crippen molar-refractivity contribution in [3.8, 4) is 0 Å². The monoisotopic (exact) mass is 264 g/mol. The number of amides is 1. The highest BCUT2D eigenvalue weighted by atomic mass is 16.5. The maximum Gasteiger partial charge on any atom is 0.248 e. The van der Waals surface area contributed by atoms with E-state index in [1.807, 2.05) is 44.2 Å². The lowest BCUT2D eigenvalue weighted by Gasteiger charge is -2.29. The first-order valence-corrected chi connectivity index (χ1v) is 6.50. The van der Waals surface area contributed by atoms with Crippen molar-refractivity contribution in [1.29, 1.82) is 0 Å². The number of nitrogens with two attached hydrogens (primary N) is 1. The Hall–Kier alpha value is -1.39. The topological polar surface area (TPSA) is 55.6 Å². The molecular weight excluding hydrogens is 240 g/mol. The Labute approximate surface area is 115 Å². The van der Waals surface area contributed by atoms with Crippen LogP contribution in [0, 0.1) is 5.41 Å². The lowest BCUT2D eigenvalue weighted by atomic mass is 9.93. The molecule has 0 radical (unpaired) electrons. The fourth-order valence-electron chi connectivity index (χ4n) is 1.74. The summed E-state index contributed by atoms with van der Waals surface area (Å²) in [6.45, 7) is 5.84. The Morgan fingerprint density at radius 2 is 1.95 bits per heavy atom. The van der Waals surface area contributed by atoms with Gasteiger partial charge in [-0.3, -0.25) is 4.79 Å². The van der Waals surface area contributed by atoms with Gasteiger partial charge in [0.2, 0.25) is 5.91 Å². The summed E-state index contributed by atoms with van der Waals surface area (Å²) < 4.78 is 5.43. The van der Waals surface area contributed by atoms with Crippen LogP contribution in [-0.2, 0) is 16.1 Å². The van der Waals surface area contributed by atoms with Gasteiger partial charge in [-0.15, -0.1) is 0 Å². The molecule has 1 amide bonds. The molecule has 1 aromatic rings. The molecule has 0 bridgehead atoms. The summed E-state index contributed by atoms with van der Waals surface area (Å²) in [6, 6.07) is 9.82. The second kappa shape index (κ2) is 7.26. The van der Waals surface area contributed by atoms with E-state index in [4.69, 9.17) is 10.5 Å². The molecule has 0 unspecified atom stereocenters. The van der Waals surface area contributed by atoms with Gasteiger partial charge in [-0.05, 0) is 17.5 Å². The number of carbonyl (C=O) groups is 1. The second-order valence-electron chi connectivity index (χ2n) is 5.60.